The van der Waals surface area contributed by atoms with Crippen LogP contribution in [0.4, 0.5) is 0 Å². The van der Waals surface area contributed by atoms with Gasteiger partial charge in [-0.15, -0.1) is 0 Å². The number of aliphatic hydroxyl groups is 1. The second kappa shape index (κ2) is 10.2. The van der Waals surface area contributed by atoms with Crippen molar-refractivity contribution in [3.8, 4) is 16.9 Å². The van der Waals surface area contributed by atoms with Gasteiger partial charge in [-0.1, -0.05) is 58.0 Å². The molecular weight excluding hydrogens is 550 g/mol. The number of likely N-dealkylation sites (N-methyl/N-ethyl adjacent to an activating group) is 1. The third-order valence-electron chi connectivity index (χ3n) is 9.85. The molecule has 10 nitrogen and oxygen atoms in total. The Bertz CT molecular complexity index is 1560. The third-order valence-corrected chi connectivity index (χ3v) is 9.85. The van der Waals surface area contributed by atoms with E-state index >= 15 is 0 Å². The standard InChI is InChI=1S/C33H39N3O7/c1-16(2)35-14-17-7-9-18(10-8-17)19-11-12-21(37)22-20(19)13-31(3)15-32(4)27(36(5)6)26(39)23(30(34)42)28(40)33(32,43)29(41)24(31)25(22)38/h7-12,16,23-24,27,35,37,43H,13-15H2,1-6H3,(H2,34,42)/t23?,24?,27-,31+,32+,33-/m1/s1. The van der Waals surface area contributed by atoms with Crippen molar-refractivity contribution < 1.29 is 34.2 Å². The lowest BCUT2D eigenvalue weighted by atomic mass is 9.42. The van der Waals surface area contributed by atoms with Crippen LogP contribution in [0.2, 0.25) is 0 Å². The van der Waals surface area contributed by atoms with Gasteiger partial charge in [-0.25, -0.2) is 0 Å². The van der Waals surface area contributed by atoms with E-state index in [0.717, 1.165) is 16.7 Å². The number of nitrogens with two attached hydrogens (primary N) is 1. The average molecular weight is 590 g/mol. The van der Waals surface area contributed by atoms with Crippen LogP contribution in [0.15, 0.2) is 36.4 Å². The number of Topliss-reactive ketones (excluding diaryl/α,β-unsaturated/α-hetero) is 4. The van der Waals surface area contributed by atoms with Crippen molar-refractivity contribution >= 4 is 29.0 Å². The number of carbonyl (C=O) groups excluding carboxylic acids is 5. The molecule has 2 aromatic carbocycles. The van der Waals surface area contributed by atoms with Gasteiger partial charge in [0.2, 0.25) is 5.91 Å². The Morgan fingerprint density at radius 2 is 1.67 bits per heavy atom. The number of aromatic hydroxyl groups is 1. The average Bonchev–Trinajstić information content (AvgIpc) is 2.89. The summed E-state index contributed by atoms with van der Waals surface area (Å²) in [5.74, 6) is -8.92. The molecule has 0 aliphatic heterocycles. The second-order valence-electron chi connectivity index (χ2n) is 13.5. The highest BCUT2D eigenvalue weighted by atomic mass is 16.3. The highest BCUT2D eigenvalue weighted by Crippen LogP contribution is 2.62. The van der Waals surface area contributed by atoms with E-state index in [1.165, 1.54) is 17.9 Å². The summed E-state index contributed by atoms with van der Waals surface area (Å²) in [6, 6.07) is 10.1. The van der Waals surface area contributed by atoms with Gasteiger partial charge in [-0.05, 0) is 60.7 Å². The molecule has 2 unspecified atom stereocenters. The minimum Gasteiger partial charge on any atom is -0.507 e. The van der Waals surface area contributed by atoms with Crippen LogP contribution in [0, 0.1) is 22.7 Å². The van der Waals surface area contributed by atoms with E-state index in [1.807, 2.05) is 24.3 Å². The number of hydrogen-bond acceptors (Lipinski definition) is 9. The lowest BCUT2D eigenvalue weighted by Gasteiger charge is -2.61. The van der Waals surface area contributed by atoms with Crippen molar-refractivity contribution in [2.24, 2.45) is 28.4 Å². The number of primary amides is 1. The zero-order valence-electron chi connectivity index (χ0n) is 25.4. The van der Waals surface area contributed by atoms with E-state index in [-0.39, 0.29) is 24.2 Å². The number of benzene rings is 2. The van der Waals surface area contributed by atoms with Gasteiger partial charge in [0.1, 0.15) is 5.75 Å². The summed E-state index contributed by atoms with van der Waals surface area (Å²) >= 11 is 0. The van der Waals surface area contributed by atoms with E-state index in [2.05, 4.69) is 19.2 Å². The monoisotopic (exact) mass is 589 g/mol. The van der Waals surface area contributed by atoms with Gasteiger partial charge in [0.15, 0.2) is 34.7 Å². The number of carbonyl (C=O) groups is 5. The molecule has 6 atom stereocenters. The Balaban J connectivity index is 1.65. The van der Waals surface area contributed by atoms with E-state index in [1.54, 1.807) is 27.1 Å². The third kappa shape index (κ3) is 4.29. The Labute approximate surface area is 250 Å². The molecule has 228 valence electrons. The van der Waals surface area contributed by atoms with Crippen LogP contribution in [0.5, 0.6) is 5.75 Å². The van der Waals surface area contributed by atoms with Crippen molar-refractivity contribution in [3.63, 3.8) is 0 Å². The van der Waals surface area contributed by atoms with Crippen molar-refractivity contribution in [2.45, 2.75) is 64.8 Å². The Kier molecular flexibility index (Phi) is 7.27. The molecule has 5 N–H and O–H groups in total. The second-order valence-corrected chi connectivity index (χ2v) is 13.5. The first-order valence-corrected chi connectivity index (χ1v) is 14.5. The highest BCUT2D eigenvalue weighted by Gasteiger charge is 2.76. The van der Waals surface area contributed by atoms with Crippen LogP contribution in [-0.4, -0.2) is 75.9 Å². The zero-order chi connectivity index (χ0) is 31.8. The quantitative estimate of drug-likeness (QED) is 0.368. The maximum absolute atomic E-state index is 14.4. The predicted octanol–water partition coefficient (Wildman–Crippen LogP) is 1.81. The van der Waals surface area contributed by atoms with Gasteiger partial charge in [-0.3, -0.25) is 28.9 Å². The number of phenols is 1. The molecule has 0 spiro atoms. The summed E-state index contributed by atoms with van der Waals surface area (Å²) in [6.45, 7) is 8.06. The van der Waals surface area contributed by atoms with Crippen LogP contribution < -0.4 is 11.1 Å². The summed E-state index contributed by atoms with van der Waals surface area (Å²) in [4.78, 5) is 69.6. The van der Waals surface area contributed by atoms with Crippen LogP contribution in [0.25, 0.3) is 11.1 Å². The molecule has 2 saturated carbocycles. The van der Waals surface area contributed by atoms with E-state index < -0.39 is 63.3 Å². The molecule has 0 radical (unpaired) electrons. The first-order chi connectivity index (χ1) is 20.0. The summed E-state index contributed by atoms with van der Waals surface area (Å²) in [5.41, 5.74) is 2.97. The zero-order valence-corrected chi connectivity index (χ0v) is 25.4. The molecule has 3 aliphatic carbocycles. The number of rotatable bonds is 6. The molecule has 1 amide bonds. The molecule has 3 aliphatic rings. The number of ketones is 4. The van der Waals surface area contributed by atoms with Gasteiger partial charge in [-0.2, -0.15) is 0 Å². The fourth-order valence-electron chi connectivity index (χ4n) is 8.11. The molecule has 43 heavy (non-hydrogen) atoms. The van der Waals surface area contributed by atoms with Crippen molar-refractivity contribution in [1.82, 2.24) is 10.2 Å². The SMILES string of the molecule is CC(C)NCc1ccc(-c2ccc(O)c3c2C[C@@]2(C)C[C@@]4(C)[C@H](N(C)C)C(=O)C(C(N)=O)C(=O)[C@@]4(O)C(=O)C2C3=O)cc1. The van der Waals surface area contributed by atoms with Crippen molar-refractivity contribution in [3.05, 3.63) is 53.1 Å². The van der Waals surface area contributed by atoms with Gasteiger partial charge in [0, 0.05) is 18.0 Å². The minimum absolute atomic E-state index is 0.0268. The molecule has 2 aromatic rings. The van der Waals surface area contributed by atoms with E-state index in [0.29, 0.717) is 18.2 Å². The number of amides is 1. The normalized spacial score (nSPS) is 32.1. The predicted molar refractivity (Wildman–Crippen MR) is 158 cm³/mol. The molecular formula is C33H39N3O7. The summed E-state index contributed by atoms with van der Waals surface area (Å²) in [5, 5.41) is 26.3. The lowest BCUT2D eigenvalue weighted by molar-refractivity contribution is -0.203. The fourth-order valence-corrected chi connectivity index (χ4v) is 8.11. The van der Waals surface area contributed by atoms with Crippen molar-refractivity contribution in [2.75, 3.05) is 14.1 Å². The largest absolute Gasteiger partial charge is 0.507 e. The Morgan fingerprint density at radius 3 is 2.23 bits per heavy atom. The summed E-state index contributed by atoms with van der Waals surface area (Å²) in [7, 11) is 3.14. The van der Waals surface area contributed by atoms with Gasteiger partial charge < -0.3 is 21.3 Å². The Morgan fingerprint density at radius 1 is 1.05 bits per heavy atom. The number of nitrogens with zero attached hydrogens (tertiary/aromatic N) is 1. The van der Waals surface area contributed by atoms with Crippen molar-refractivity contribution in [1.29, 1.82) is 0 Å². The first-order valence-electron chi connectivity index (χ1n) is 14.5. The van der Waals surface area contributed by atoms with Crippen LogP contribution in [0.1, 0.15) is 55.6 Å². The van der Waals surface area contributed by atoms with Gasteiger partial charge in [0.25, 0.3) is 0 Å². The van der Waals surface area contributed by atoms with Crippen LogP contribution in [0.3, 0.4) is 0 Å². The molecule has 2 fully saturated rings. The topological polar surface area (TPSA) is 167 Å². The maximum Gasteiger partial charge on any atom is 0.235 e. The number of phenolic OH excluding ortho intramolecular Hbond substituents is 1. The first kappa shape index (κ1) is 30.7. The fraction of sp³-hybridized carbons (Fsp3) is 0.485. The maximum atomic E-state index is 14.4. The Hall–Kier alpha value is -3.73. The molecule has 0 aromatic heterocycles. The van der Waals surface area contributed by atoms with Crippen LogP contribution >= 0.6 is 0 Å². The number of hydrogen-bond donors (Lipinski definition) is 4. The lowest BCUT2D eigenvalue weighted by Crippen LogP contribution is -2.79. The minimum atomic E-state index is -2.82. The summed E-state index contributed by atoms with van der Waals surface area (Å²) < 4.78 is 0. The molecule has 5 rings (SSSR count). The van der Waals surface area contributed by atoms with Crippen LogP contribution in [-0.2, 0) is 32.1 Å². The van der Waals surface area contributed by atoms with Gasteiger partial charge in [0.05, 0.1) is 17.5 Å². The molecule has 0 bridgehead atoms. The van der Waals surface area contributed by atoms with Gasteiger partial charge >= 0.3 is 0 Å². The molecule has 0 heterocycles. The molecule has 10 heteroatoms. The smallest absolute Gasteiger partial charge is 0.235 e. The molecule has 0 saturated heterocycles. The summed E-state index contributed by atoms with van der Waals surface area (Å²) in [6.07, 6.45) is 0.108. The van der Waals surface area contributed by atoms with E-state index in [4.69, 9.17) is 5.73 Å². The van der Waals surface area contributed by atoms with E-state index in [9.17, 15) is 34.2 Å². The number of nitrogens with one attached hydrogen (secondary N) is 1. The highest BCUT2D eigenvalue weighted by molar-refractivity contribution is 6.33. The number of fused-ring (bicyclic) bond motifs is 3.